The van der Waals surface area contributed by atoms with Gasteiger partial charge < -0.3 is 72.3 Å². The van der Waals surface area contributed by atoms with Crippen molar-refractivity contribution >= 4 is 102 Å². The number of hydrogen-bond donors (Lipinski definition) is 13. The second-order valence-corrected chi connectivity index (χ2v) is 28.4. The van der Waals surface area contributed by atoms with Crippen molar-refractivity contribution in [2.24, 2.45) is 0 Å². The summed E-state index contributed by atoms with van der Waals surface area (Å²) in [5.74, 6) is -4.83. The summed E-state index contributed by atoms with van der Waals surface area (Å²) in [5, 5.41) is 60.6. The summed E-state index contributed by atoms with van der Waals surface area (Å²) in [5.41, 5.74) is 0.860. The molecular weight excluding hydrogens is 1240 g/mol. The van der Waals surface area contributed by atoms with Gasteiger partial charge in [0, 0.05) is 60.1 Å². The summed E-state index contributed by atoms with van der Waals surface area (Å²) in [7, 11) is 4.95. The molecule has 2 aromatic heterocycles. The van der Waals surface area contributed by atoms with Crippen molar-refractivity contribution in [2.75, 3.05) is 30.3 Å². The van der Waals surface area contributed by atoms with Gasteiger partial charge in [0.15, 0.2) is 0 Å². The van der Waals surface area contributed by atoms with Crippen molar-refractivity contribution in [3.05, 3.63) is 126 Å². The molecule has 3 aromatic carbocycles. The number of amides is 8. The fourth-order valence-electron chi connectivity index (χ4n) is 9.14. The minimum absolute atomic E-state index is 0.0228. The van der Waals surface area contributed by atoms with Crippen LogP contribution >= 0.6 is 43.2 Å². The summed E-state index contributed by atoms with van der Waals surface area (Å²) >= 11 is 0. The normalized spacial score (nSPS) is 20.8. The fraction of sp³-hybridized carbons (Fsp3) is 0.468. The number of alkyl carbamates (subject to hydrolysis) is 2. The van der Waals surface area contributed by atoms with E-state index in [4.69, 9.17) is 9.47 Å². The lowest BCUT2D eigenvalue weighted by Gasteiger charge is -2.32. The van der Waals surface area contributed by atoms with E-state index in [1.807, 2.05) is 36.4 Å². The molecule has 1 aliphatic rings. The van der Waals surface area contributed by atoms with Crippen LogP contribution in [0.3, 0.4) is 0 Å². The van der Waals surface area contributed by atoms with Crippen LogP contribution < -0.4 is 47.9 Å². The molecule has 6 rings (SSSR count). The van der Waals surface area contributed by atoms with Gasteiger partial charge in [-0.15, -0.1) is 0 Å². The fourth-order valence-corrected chi connectivity index (χ4v) is 13.3. The molecule has 5 aromatic rings. The second kappa shape index (κ2) is 35.4. The standard InChI is InChI=1S/C62H83N11O13S4/c1-37(74)51-58(82)71-48(52(76)64-29-30-87-90-50-22-14-16-27-63-50)35-88-89-36-49(70-55(79)46(31-38-17-9-8-10-18-38)72-60(84)86-62(5,6)7)57(81)68-45(32-39-23-25-41(75)26-24-39)54(78)69-47(33-40-34-66-43-20-12-11-19-42(40)43)56(80)67-44(53(77)73-51)21-13-15-28-65-59(83)85-61(2,3)4/h8-12,14,16-20,22-27,34,37,44-49,51,54,66,69,74-75,78H,13,15,21,28-33,35-36H2,1-7H3,(H,64,76)(H,65,83)(H,67,80)(H,68,81)(H,70,79)(H,71,82)(H,72,84)(H,73,77)/t37-,44+,45+,46-,47-,48+,49+,51+,54?/m1/s1. The molecule has 0 radical (unpaired) electrons. The van der Waals surface area contributed by atoms with E-state index < -0.39 is 113 Å². The topological polar surface area (TPSA) is 353 Å². The van der Waals surface area contributed by atoms with E-state index in [2.05, 4.69) is 57.8 Å². The first kappa shape index (κ1) is 71.9. The third kappa shape index (κ3) is 24.9. The Labute approximate surface area is 539 Å². The van der Waals surface area contributed by atoms with Gasteiger partial charge in [0.25, 0.3) is 0 Å². The van der Waals surface area contributed by atoms with E-state index in [9.17, 15) is 44.1 Å². The number of benzene rings is 3. The summed E-state index contributed by atoms with van der Waals surface area (Å²) in [6, 6.07) is 17.9. The van der Waals surface area contributed by atoms with Gasteiger partial charge in [-0.25, -0.2) is 14.6 Å². The highest BCUT2D eigenvalue weighted by Gasteiger charge is 2.37. The Morgan fingerprint density at radius 2 is 1.40 bits per heavy atom. The van der Waals surface area contributed by atoms with Crippen LogP contribution in [0.5, 0.6) is 5.75 Å². The first-order chi connectivity index (χ1) is 42.8. The minimum Gasteiger partial charge on any atom is -0.508 e. The van der Waals surface area contributed by atoms with Crippen LogP contribution in [0, 0.1) is 0 Å². The van der Waals surface area contributed by atoms with Crippen molar-refractivity contribution < 1.29 is 63.1 Å². The molecule has 1 unspecified atom stereocenters. The lowest BCUT2D eigenvalue weighted by Crippen LogP contribution is -2.63. The maximum atomic E-state index is 15.1. The number of phenols is 1. The van der Waals surface area contributed by atoms with Crippen LogP contribution in [0.25, 0.3) is 10.9 Å². The number of carbonyl (C=O) groups is 8. The largest absolute Gasteiger partial charge is 0.508 e. The molecule has 0 saturated carbocycles. The van der Waals surface area contributed by atoms with Gasteiger partial charge in [-0.05, 0) is 138 Å². The van der Waals surface area contributed by atoms with Gasteiger partial charge in [-0.3, -0.25) is 34.1 Å². The molecule has 8 amide bonds. The molecule has 28 heteroatoms. The molecule has 9 atom stereocenters. The second-order valence-electron chi connectivity index (χ2n) is 23.4. The number of pyridine rings is 1. The number of aromatic hydroxyl groups is 1. The zero-order chi connectivity index (χ0) is 65.4. The number of nitrogens with one attached hydrogen (secondary N) is 10. The summed E-state index contributed by atoms with van der Waals surface area (Å²) < 4.78 is 10.9. The number of H-pyrrole nitrogens is 1. The number of nitrogens with zero attached hydrogens (tertiary/aromatic N) is 1. The molecule has 488 valence electrons. The number of aliphatic hydroxyl groups excluding tert-OH is 2. The molecule has 90 heavy (non-hydrogen) atoms. The first-order valence-electron chi connectivity index (χ1n) is 29.5. The number of rotatable bonds is 21. The van der Waals surface area contributed by atoms with Gasteiger partial charge in [0.05, 0.1) is 18.2 Å². The molecule has 3 heterocycles. The summed E-state index contributed by atoms with van der Waals surface area (Å²) in [6.07, 6.45) is -1.29. The molecular formula is C62H83N11O13S4. The van der Waals surface area contributed by atoms with E-state index in [-0.39, 0.29) is 62.4 Å². The van der Waals surface area contributed by atoms with Crippen molar-refractivity contribution in [2.45, 2.75) is 158 Å². The Balaban J connectivity index is 1.39. The van der Waals surface area contributed by atoms with Gasteiger partial charge in [0.1, 0.15) is 58.4 Å². The Morgan fingerprint density at radius 3 is 2.10 bits per heavy atom. The van der Waals surface area contributed by atoms with Crippen molar-refractivity contribution in [3.8, 4) is 5.75 Å². The van der Waals surface area contributed by atoms with Crippen LogP contribution in [0.1, 0.15) is 84.4 Å². The number of aromatic amines is 1. The average molecular weight is 1320 g/mol. The number of hydrogen-bond acceptors (Lipinski definition) is 19. The quantitative estimate of drug-likeness (QED) is 0.0342. The SMILES string of the molecule is C[C@@H](O)[C@@H]1NC(=O)[C@H](CCCCNC(=O)OC(C)(C)C)NC(=O)[C@@H](Cc2c[nH]c3ccccc23)NC(O)[C@H](Cc2ccc(O)cc2)NC(=O)[C@@H](NC(=O)[C@@H](Cc2ccccc2)NC(=O)OC(C)(C)C)CSSC[C@@H](C(=O)NCCSSc2ccccn2)NC1=O. The van der Waals surface area contributed by atoms with Crippen molar-refractivity contribution in [1.82, 2.24) is 57.8 Å². The summed E-state index contributed by atoms with van der Waals surface area (Å²) in [4.78, 5) is 122. The van der Waals surface area contributed by atoms with Crippen LogP contribution in [-0.2, 0) is 57.5 Å². The first-order valence-corrected chi connectivity index (χ1v) is 34.3. The van der Waals surface area contributed by atoms with Crippen LogP contribution in [0.2, 0.25) is 0 Å². The molecule has 0 spiro atoms. The predicted octanol–water partition coefficient (Wildman–Crippen LogP) is 4.92. The Hall–Kier alpha value is -7.21. The number of carbonyl (C=O) groups excluding carboxylic acids is 8. The lowest BCUT2D eigenvalue weighted by molar-refractivity contribution is -0.136. The van der Waals surface area contributed by atoms with Crippen molar-refractivity contribution in [1.29, 1.82) is 0 Å². The lowest BCUT2D eigenvalue weighted by atomic mass is 10.00. The smallest absolute Gasteiger partial charge is 0.408 e. The van der Waals surface area contributed by atoms with E-state index in [0.717, 1.165) is 37.5 Å². The predicted molar refractivity (Wildman–Crippen MR) is 350 cm³/mol. The molecule has 1 saturated heterocycles. The van der Waals surface area contributed by atoms with Crippen LogP contribution in [-0.4, -0.2) is 169 Å². The van der Waals surface area contributed by atoms with Crippen molar-refractivity contribution in [3.63, 3.8) is 0 Å². The third-order valence-corrected chi connectivity index (χ3v) is 18.2. The Kier molecular flexibility index (Phi) is 28.3. The van der Waals surface area contributed by atoms with Gasteiger partial charge >= 0.3 is 12.2 Å². The number of unbranched alkanes of at least 4 members (excludes halogenated alkanes) is 1. The van der Waals surface area contributed by atoms with Gasteiger partial charge in [-0.2, -0.15) is 0 Å². The molecule has 1 aliphatic heterocycles. The molecule has 0 bridgehead atoms. The number of ether oxygens (including phenoxy) is 2. The Morgan fingerprint density at radius 1 is 0.722 bits per heavy atom. The van der Waals surface area contributed by atoms with E-state index in [0.29, 0.717) is 28.9 Å². The minimum atomic E-state index is -1.77. The summed E-state index contributed by atoms with van der Waals surface area (Å²) in [6.45, 7) is 11.7. The van der Waals surface area contributed by atoms with E-state index in [1.165, 1.54) is 40.6 Å². The number of aliphatic hydroxyl groups is 2. The van der Waals surface area contributed by atoms with Crippen LogP contribution in [0.4, 0.5) is 9.59 Å². The zero-order valence-electron chi connectivity index (χ0n) is 51.4. The molecule has 24 nitrogen and oxygen atoms in total. The highest BCUT2D eigenvalue weighted by Crippen LogP contribution is 2.29. The highest BCUT2D eigenvalue weighted by atomic mass is 33.1. The van der Waals surface area contributed by atoms with E-state index in [1.54, 1.807) is 102 Å². The monoisotopic (exact) mass is 1320 g/mol. The average Bonchev–Trinajstić information content (AvgIpc) is 2.02. The van der Waals surface area contributed by atoms with Crippen LogP contribution in [0.15, 0.2) is 114 Å². The maximum absolute atomic E-state index is 15.1. The number of para-hydroxylation sites is 1. The maximum Gasteiger partial charge on any atom is 0.408 e. The molecule has 1 fully saturated rings. The number of aromatic nitrogens is 2. The van der Waals surface area contributed by atoms with Gasteiger partial charge in [0.2, 0.25) is 35.4 Å². The van der Waals surface area contributed by atoms with Gasteiger partial charge in [-0.1, -0.05) is 99.1 Å². The zero-order valence-corrected chi connectivity index (χ0v) is 54.6. The third-order valence-electron chi connectivity index (χ3n) is 13.5. The molecule has 0 aliphatic carbocycles. The highest BCUT2D eigenvalue weighted by molar-refractivity contribution is 8.77. The number of phenolic OH excluding ortho intramolecular Hbond substituents is 1. The Bertz CT molecular complexity index is 3150. The van der Waals surface area contributed by atoms with E-state index >= 15 is 9.59 Å². The number of fused-ring (bicyclic) bond motifs is 1. The molecule has 13 N–H and O–H groups in total.